The van der Waals surface area contributed by atoms with Crippen LogP contribution in [-0.4, -0.2) is 39.0 Å². The quantitative estimate of drug-likeness (QED) is 0.660. The van der Waals surface area contributed by atoms with Gasteiger partial charge in [-0.05, 0) is 26.2 Å². The molecule has 0 spiro atoms. The molecule has 19 heavy (non-hydrogen) atoms. The molecule has 2 atom stereocenters. The Balaban J connectivity index is 2.40. The van der Waals surface area contributed by atoms with Crippen LogP contribution in [-0.2, 0) is 6.54 Å². The summed E-state index contributed by atoms with van der Waals surface area (Å²) in [5, 5.41) is 25.2. The van der Waals surface area contributed by atoms with E-state index in [1.54, 1.807) is 11.6 Å². The normalized spacial score (nSPS) is 23.7. The number of rotatable bonds is 3. The second-order valence-electron chi connectivity index (χ2n) is 5.11. The minimum absolute atomic E-state index is 0.0884. The number of nitrogens with zero attached hydrogens (tertiary/aromatic N) is 4. The van der Waals surface area contributed by atoms with Crippen molar-refractivity contribution in [2.24, 2.45) is 5.92 Å². The van der Waals surface area contributed by atoms with Crippen molar-refractivity contribution >= 4 is 11.5 Å². The van der Waals surface area contributed by atoms with Crippen molar-refractivity contribution in [2.75, 3.05) is 18.0 Å². The molecule has 1 aliphatic rings. The Labute approximate surface area is 112 Å². The van der Waals surface area contributed by atoms with Crippen LogP contribution in [0.1, 0.15) is 26.0 Å². The maximum atomic E-state index is 11.2. The summed E-state index contributed by atoms with van der Waals surface area (Å²) in [7, 11) is 0. The Morgan fingerprint density at radius 3 is 2.79 bits per heavy atom. The molecule has 1 saturated heterocycles. The third-order valence-electron chi connectivity index (χ3n) is 3.71. The molecule has 0 radical (unpaired) electrons. The smallest absolute Gasteiger partial charge is 0.333 e. The van der Waals surface area contributed by atoms with Gasteiger partial charge < -0.3 is 10.0 Å². The first-order valence-electron chi connectivity index (χ1n) is 6.60. The van der Waals surface area contributed by atoms with Gasteiger partial charge in [0.1, 0.15) is 5.69 Å². The lowest BCUT2D eigenvalue weighted by Gasteiger charge is -2.35. The largest absolute Gasteiger partial charge is 0.393 e. The summed E-state index contributed by atoms with van der Waals surface area (Å²) in [6, 6.07) is 0. The maximum absolute atomic E-state index is 11.2. The Bertz CT molecular complexity index is 486. The molecule has 1 aromatic rings. The van der Waals surface area contributed by atoms with E-state index in [2.05, 4.69) is 5.10 Å². The summed E-state index contributed by atoms with van der Waals surface area (Å²) < 4.78 is 1.68. The van der Waals surface area contributed by atoms with Crippen molar-refractivity contribution in [3.05, 3.63) is 15.8 Å². The van der Waals surface area contributed by atoms with Crippen molar-refractivity contribution in [3.63, 3.8) is 0 Å². The Morgan fingerprint density at radius 2 is 2.26 bits per heavy atom. The lowest BCUT2D eigenvalue weighted by molar-refractivity contribution is -0.384. The summed E-state index contributed by atoms with van der Waals surface area (Å²) in [5.74, 6) is 0.678. The SMILES string of the molecule is CCn1nc(C)c([N+](=O)[O-])c1N1CCC(O)C(C)C1. The van der Waals surface area contributed by atoms with Gasteiger partial charge in [0.05, 0.1) is 11.0 Å². The Kier molecular flexibility index (Phi) is 3.75. The predicted molar refractivity (Wildman–Crippen MR) is 71.3 cm³/mol. The number of aryl methyl sites for hydroxylation is 2. The van der Waals surface area contributed by atoms with Crippen LogP contribution in [0.15, 0.2) is 0 Å². The molecule has 0 aliphatic carbocycles. The summed E-state index contributed by atoms with van der Waals surface area (Å²) in [6.45, 7) is 7.38. The fourth-order valence-electron chi connectivity index (χ4n) is 2.63. The van der Waals surface area contributed by atoms with E-state index in [1.165, 1.54) is 0 Å². The average molecular weight is 268 g/mol. The standard InChI is InChI=1S/C12H20N4O3/c1-4-15-12(11(16(18)19)9(3)13-15)14-6-5-10(17)8(2)7-14/h8,10,17H,4-7H2,1-3H3. The molecule has 1 aromatic heterocycles. The number of hydrogen-bond donors (Lipinski definition) is 1. The number of nitro groups is 1. The molecule has 0 bridgehead atoms. The van der Waals surface area contributed by atoms with Gasteiger partial charge in [0, 0.05) is 19.6 Å². The van der Waals surface area contributed by atoms with E-state index >= 15 is 0 Å². The van der Waals surface area contributed by atoms with Crippen molar-refractivity contribution in [3.8, 4) is 0 Å². The number of aromatic nitrogens is 2. The second kappa shape index (κ2) is 5.16. The van der Waals surface area contributed by atoms with Gasteiger partial charge in [0.25, 0.3) is 0 Å². The zero-order valence-corrected chi connectivity index (χ0v) is 11.5. The van der Waals surface area contributed by atoms with E-state index in [0.29, 0.717) is 37.6 Å². The third kappa shape index (κ3) is 2.42. The molecule has 0 saturated carbocycles. The van der Waals surface area contributed by atoms with Crippen LogP contribution in [0.2, 0.25) is 0 Å². The molecule has 0 amide bonds. The summed E-state index contributed by atoms with van der Waals surface area (Å²) in [5.41, 5.74) is 0.533. The number of hydrogen-bond acceptors (Lipinski definition) is 5. The van der Waals surface area contributed by atoms with Crippen molar-refractivity contribution in [2.45, 2.75) is 39.8 Å². The first-order chi connectivity index (χ1) is 8.95. The molecule has 2 unspecified atom stereocenters. The highest BCUT2D eigenvalue weighted by Crippen LogP contribution is 2.34. The number of piperidine rings is 1. The Hall–Kier alpha value is -1.63. The van der Waals surface area contributed by atoms with Gasteiger partial charge in [-0.1, -0.05) is 6.92 Å². The Morgan fingerprint density at radius 1 is 1.58 bits per heavy atom. The fraction of sp³-hybridized carbons (Fsp3) is 0.750. The van der Waals surface area contributed by atoms with Crippen LogP contribution < -0.4 is 4.90 Å². The van der Waals surface area contributed by atoms with Gasteiger partial charge in [0.15, 0.2) is 0 Å². The number of anilines is 1. The van der Waals surface area contributed by atoms with Crippen LogP contribution >= 0.6 is 0 Å². The van der Waals surface area contributed by atoms with E-state index in [4.69, 9.17) is 0 Å². The highest BCUT2D eigenvalue weighted by molar-refractivity contribution is 5.61. The van der Waals surface area contributed by atoms with E-state index in [0.717, 1.165) is 0 Å². The predicted octanol–water partition coefficient (Wildman–Crippen LogP) is 1.33. The highest BCUT2D eigenvalue weighted by atomic mass is 16.6. The third-order valence-corrected chi connectivity index (χ3v) is 3.71. The molecule has 2 heterocycles. The maximum Gasteiger partial charge on any atom is 0.333 e. The summed E-state index contributed by atoms with van der Waals surface area (Å²) in [6.07, 6.45) is 0.307. The lowest BCUT2D eigenvalue weighted by atomic mass is 9.97. The van der Waals surface area contributed by atoms with Gasteiger partial charge in [-0.3, -0.25) is 10.1 Å². The van der Waals surface area contributed by atoms with Crippen LogP contribution in [0.25, 0.3) is 0 Å². The summed E-state index contributed by atoms with van der Waals surface area (Å²) >= 11 is 0. The second-order valence-corrected chi connectivity index (χ2v) is 5.11. The molecule has 0 aromatic carbocycles. The molecule has 1 fully saturated rings. The molecule has 1 aliphatic heterocycles. The van der Waals surface area contributed by atoms with E-state index in [9.17, 15) is 15.2 Å². The lowest BCUT2D eigenvalue weighted by Crippen LogP contribution is -2.43. The van der Waals surface area contributed by atoms with Crippen LogP contribution in [0, 0.1) is 23.0 Å². The van der Waals surface area contributed by atoms with Gasteiger partial charge in [0.2, 0.25) is 5.82 Å². The van der Waals surface area contributed by atoms with Crippen LogP contribution in [0.4, 0.5) is 11.5 Å². The van der Waals surface area contributed by atoms with Gasteiger partial charge in [-0.25, -0.2) is 4.68 Å². The van der Waals surface area contributed by atoms with E-state index < -0.39 is 0 Å². The molecule has 106 valence electrons. The number of aliphatic hydroxyl groups excluding tert-OH is 1. The zero-order valence-electron chi connectivity index (χ0n) is 11.5. The van der Waals surface area contributed by atoms with Crippen molar-refractivity contribution < 1.29 is 10.0 Å². The van der Waals surface area contributed by atoms with E-state index in [-0.39, 0.29) is 22.6 Å². The van der Waals surface area contributed by atoms with Crippen LogP contribution in [0.5, 0.6) is 0 Å². The number of aliphatic hydroxyl groups is 1. The van der Waals surface area contributed by atoms with Gasteiger partial charge >= 0.3 is 5.69 Å². The molecule has 7 nitrogen and oxygen atoms in total. The minimum atomic E-state index is -0.362. The van der Waals surface area contributed by atoms with Gasteiger partial charge in [-0.2, -0.15) is 5.10 Å². The van der Waals surface area contributed by atoms with Crippen LogP contribution in [0.3, 0.4) is 0 Å². The highest BCUT2D eigenvalue weighted by Gasteiger charge is 2.33. The molecular weight excluding hydrogens is 248 g/mol. The fourth-order valence-corrected chi connectivity index (χ4v) is 2.63. The molecule has 1 N–H and O–H groups in total. The molecule has 7 heteroatoms. The first kappa shape index (κ1) is 13.8. The van der Waals surface area contributed by atoms with Gasteiger partial charge in [-0.15, -0.1) is 0 Å². The minimum Gasteiger partial charge on any atom is -0.393 e. The summed E-state index contributed by atoms with van der Waals surface area (Å²) in [4.78, 5) is 12.8. The zero-order chi connectivity index (χ0) is 14.2. The molecule has 2 rings (SSSR count). The van der Waals surface area contributed by atoms with Crippen molar-refractivity contribution in [1.82, 2.24) is 9.78 Å². The monoisotopic (exact) mass is 268 g/mol. The molecular formula is C12H20N4O3. The van der Waals surface area contributed by atoms with E-state index in [1.807, 2.05) is 18.7 Å². The average Bonchev–Trinajstić information content (AvgIpc) is 2.69. The van der Waals surface area contributed by atoms with Crippen molar-refractivity contribution in [1.29, 1.82) is 0 Å². The first-order valence-corrected chi connectivity index (χ1v) is 6.60. The topological polar surface area (TPSA) is 84.4 Å².